The van der Waals surface area contributed by atoms with Gasteiger partial charge in [0.1, 0.15) is 10.6 Å². The van der Waals surface area contributed by atoms with Crippen LogP contribution in [0.3, 0.4) is 0 Å². The van der Waals surface area contributed by atoms with Gasteiger partial charge in [-0.1, -0.05) is 78.9 Å². The van der Waals surface area contributed by atoms with Gasteiger partial charge in [0.25, 0.3) is 5.78 Å². The Labute approximate surface area is 196 Å². The number of aliphatic hydroxyl groups is 1. The molecule has 170 valence electrons. The third-order valence-corrected chi connectivity index (χ3v) is 6.38. The number of hydrogen-bond acceptors (Lipinski definition) is 7. The van der Waals surface area contributed by atoms with Crippen LogP contribution in [0.15, 0.2) is 60.2 Å². The topological polar surface area (TPSA) is 96.8 Å². The number of aryl methyl sites for hydroxylation is 2. The van der Waals surface area contributed by atoms with Crippen LogP contribution in [0.25, 0.3) is 5.76 Å². The first-order valence-electron chi connectivity index (χ1n) is 9.82. The number of aliphatic hydroxyl groups excluding tert-OH is 1. The number of ketones is 1. The predicted molar refractivity (Wildman–Crippen MR) is 127 cm³/mol. The number of esters is 1. The summed E-state index contributed by atoms with van der Waals surface area (Å²) >= 11 is 0.969. The standard InChI is InChI=1S/C24H20N2O5S.CH4/c1-13-9-11-15(12-10-13)18-17(19(27)16-7-5-4-6-8-16)20(28)22(29)26(18)24-25-14(2)21(32-24)23(30)31-3;/h4-12,18,27H,1-3H3;1H4. The van der Waals surface area contributed by atoms with Gasteiger partial charge in [-0.3, -0.25) is 14.5 Å². The minimum Gasteiger partial charge on any atom is -0.507 e. The Bertz CT molecular complexity index is 1250. The molecular weight excluding hydrogens is 440 g/mol. The van der Waals surface area contributed by atoms with Crippen molar-refractivity contribution in [2.24, 2.45) is 0 Å². The molecule has 4 rings (SSSR count). The number of anilines is 1. The smallest absolute Gasteiger partial charge is 0.350 e. The van der Waals surface area contributed by atoms with Gasteiger partial charge < -0.3 is 9.84 Å². The van der Waals surface area contributed by atoms with E-state index in [0.717, 1.165) is 16.9 Å². The molecule has 1 saturated heterocycles. The third-order valence-electron chi connectivity index (χ3n) is 5.25. The highest BCUT2D eigenvalue weighted by Gasteiger charge is 2.48. The van der Waals surface area contributed by atoms with Crippen LogP contribution in [0.4, 0.5) is 5.13 Å². The minimum absolute atomic E-state index is 0. The van der Waals surface area contributed by atoms with E-state index < -0.39 is 23.7 Å². The predicted octanol–water partition coefficient (Wildman–Crippen LogP) is 4.81. The van der Waals surface area contributed by atoms with E-state index in [9.17, 15) is 19.5 Å². The molecule has 1 atom stereocenters. The van der Waals surface area contributed by atoms with Gasteiger partial charge in [0.05, 0.1) is 24.4 Å². The fourth-order valence-electron chi connectivity index (χ4n) is 3.61. The maximum atomic E-state index is 13.1. The molecule has 3 aromatic rings. The molecule has 0 radical (unpaired) electrons. The van der Waals surface area contributed by atoms with E-state index in [-0.39, 0.29) is 28.8 Å². The van der Waals surface area contributed by atoms with Crippen LogP contribution < -0.4 is 4.90 Å². The fraction of sp³-hybridized carbons (Fsp3) is 0.200. The highest BCUT2D eigenvalue weighted by molar-refractivity contribution is 7.17. The molecule has 0 bridgehead atoms. The molecule has 1 aliphatic heterocycles. The number of aromatic nitrogens is 1. The first-order chi connectivity index (χ1) is 15.3. The molecular formula is C25H24N2O5S. The minimum atomic E-state index is -0.896. The van der Waals surface area contributed by atoms with E-state index in [2.05, 4.69) is 4.98 Å². The van der Waals surface area contributed by atoms with Gasteiger partial charge in [0.15, 0.2) is 5.13 Å². The van der Waals surface area contributed by atoms with Gasteiger partial charge >= 0.3 is 11.9 Å². The molecule has 1 amide bonds. The third kappa shape index (κ3) is 4.17. The van der Waals surface area contributed by atoms with Gasteiger partial charge in [0, 0.05) is 5.56 Å². The van der Waals surface area contributed by atoms with Crippen LogP contribution in [0.2, 0.25) is 0 Å². The van der Waals surface area contributed by atoms with Crippen molar-refractivity contribution in [3.63, 3.8) is 0 Å². The zero-order chi connectivity index (χ0) is 23.0. The van der Waals surface area contributed by atoms with Crippen molar-refractivity contribution in [2.45, 2.75) is 27.3 Å². The summed E-state index contributed by atoms with van der Waals surface area (Å²) in [5, 5.41) is 11.2. The zero-order valence-electron chi connectivity index (χ0n) is 17.7. The Morgan fingerprint density at radius 3 is 2.30 bits per heavy atom. The summed E-state index contributed by atoms with van der Waals surface area (Å²) in [6.45, 7) is 3.56. The van der Waals surface area contributed by atoms with Crippen molar-refractivity contribution in [3.8, 4) is 0 Å². The highest BCUT2D eigenvalue weighted by atomic mass is 32.1. The summed E-state index contributed by atoms with van der Waals surface area (Å²) < 4.78 is 4.79. The number of hydrogen-bond donors (Lipinski definition) is 1. The second kappa shape index (κ2) is 9.38. The molecule has 8 heteroatoms. The van der Waals surface area contributed by atoms with Crippen LogP contribution in [0, 0.1) is 13.8 Å². The summed E-state index contributed by atoms with van der Waals surface area (Å²) in [6.07, 6.45) is 0. The molecule has 7 nitrogen and oxygen atoms in total. The summed E-state index contributed by atoms with van der Waals surface area (Å²) in [4.78, 5) is 44.2. The molecule has 1 N–H and O–H groups in total. The number of Topliss-reactive ketones (excluding diaryl/α,β-unsaturated/α-hetero) is 1. The normalized spacial score (nSPS) is 17.1. The molecule has 0 spiro atoms. The van der Waals surface area contributed by atoms with Crippen molar-refractivity contribution in [2.75, 3.05) is 12.0 Å². The molecule has 2 aromatic carbocycles. The van der Waals surface area contributed by atoms with Crippen molar-refractivity contribution < 1.29 is 24.2 Å². The van der Waals surface area contributed by atoms with Gasteiger partial charge in [-0.15, -0.1) is 0 Å². The first kappa shape index (κ1) is 23.9. The quantitative estimate of drug-likeness (QED) is 0.258. The average Bonchev–Trinajstić information content (AvgIpc) is 3.31. The van der Waals surface area contributed by atoms with Crippen LogP contribution in [-0.2, 0) is 14.3 Å². The summed E-state index contributed by atoms with van der Waals surface area (Å²) in [6, 6.07) is 15.0. The lowest BCUT2D eigenvalue weighted by atomic mass is 9.95. The summed E-state index contributed by atoms with van der Waals surface area (Å²) in [5.41, 5.74) is 2.43. The van der Waals surface area contributed by atoms with Gasteiger partial charge in [0.2, 0.25) is 0 Å². The lowest BCUT2D eigenvalue weighted by Gasteiger charge is -2.23. The Kier molecular flexibility index (Phi) is 6.78. The molecule has 2 heterocycles. The van der Waals surface area contributed by atoms with E-state index in [0.29, 0.717) is 16.8 Å². The Balaban J connectivity index is 0.00000306. The van der Waals surface area contributed by atoms with E-state index in [1.54, 1.807) is 49.4 Å². The first-order valence-corrected chi connectivity index (χ1v) is 10.6. The lowest BCUT2D eigenvalue weighted by molar-refractivity contribution is -0.132. The molecule has 1 aromatic heterocycles. The SMILES string of the molecule is C.COC(=O)c1sc(N2C(=O)C(=O)C(=C(O)c3ccccc3)C2c2ccc(C)cc2)nc1C. The van der Waals surface area contributed by atoms with Crippen molar-refractivity contribution in [1.82, 2.24) is 4.98 Å². The molecule has 1 aliphatic rings. The number of nitrogens with zero attached hydrogens (tertiary/aromatic N) is 2. The van der Waals surface area contributed by atoms with Crippen molar-refractivity contribution in [1.29, 1.82) is 0 Å². The maximum Gasteiger partial charge on any atom is 0.350 e. The van der Waals surface area contributed by atoms with E-state index in [1.807, 2.05) is 19.1 Å². The number of carbonyl (C=O) groups is 3. The van der Waals surface area contributed by atoms with Gasteiger partial charge in [-0.05, 0) is 19.4 Å². The Morgan fingerprint density at radius 2 is 1.70 bits per heavy atom. The van der Waals surface area contributed by atoms with Crippen LogP contribution in [0.1, 0.15) is 45.5 Å². The number of rotatable bonds is 4. The van der Waals surface area contributed by atoms with Gasteiger partial charge in [-0.25, -0.2) is 9.78 Å². The van der Waals surface area contributed by atoms with Crippen LogP contribution in [-0.4, -0.2) is 34.9 Å². The van der Waals surface area contributed by atoms with Gasteiger partial charge in [-0.2, -0.15) is 0 Å². The molecule has 33 heavy (non-hydrogen) atoms. The second-order valence-electron chi connectivity index (χ2n) is 7.35. The summed E-state index contributed by atoms with van der Waals surface area (Å²) in [7, 11) is 1.26. The fourth-order valence-corrected chi connectivity index (χ4v) is 4.62. The number of carbonyl (C=O) groups excluding carboxylic acids is 3. The number of amides is 1. The number of thiazole rings is 1. The van der Waals surface area contributed by atoms with Crippen molar-refractivity contribution in [3.05, 3.63) is 87.4 Å². The van der Waals surface area contributed by atoms with Crippen molar-refractivity contribution >= 4 is 39.9 Å². The number of benzene rings is 2. The maximum absolute atomic E-state index is 13.1. The lowest BCUT2D eigenvalue weighted by Crippen LogP contribution is -2.29. The van der Waals surface area contributed by atoms with E-state index in [1.165, 1.54) is 12.0 Å². The highest BCUT2D eigenvalue weighted by Crippen LogP contribution is 2.43. The number of methoxy groups -OCH3 is 1. The molecule has 0 aliphatic carbocycles. The van der Waals surface area contributed by atoms with E-state index >= 15 is 0 Å². The van der Waals surface area contributed by atoms with Crippen LogP contribution >= 0.6 is 11.3 Å². The molecule has 0 saturated carbocycles. The monoisotopic (exact) mass is 464 g/mol. The molecule has 1 fully saturated rings. The van der Waals surface area contributed by atoms with Crippen LogP contribution in [0.5, 0.6) is 0 Å². The Morgan fingerprint density at radius 1 is 1.06 bits per heavy atom. The summed E-state index contributed by atoms with van der Waals surface area (Å²) in [5.74, 6) is -2.47. The zero-order valence-corrected chi connectivity index (χ0v) is 18.5. The van der Waals surface area contributed by atoms with E-state index in [4.69, 9.17) is 4.74 Å². The average molecular weight is 465 g/mol. The Hall–Kier alpha value is -3.78. The second-order valence-corrected chi connectivity index (χ2v) is 8.33. The number of ether oxygens (including phenoxy) is 1. The molecule has 1 unspecified atom stereocenters. The largest absolute Gasteiger partial charge is 0.507 e.